The Hall–Kier alpha value is -2.90. The van der Waals surface area contributed by atoms with E-state index in [1.165, 1.54) is 4.57 Å². The maximum Gasteiger partial charge on any atom is 0.328 e. The fraction of sp³-hybridized carbons (Fsp3) is 0.375. The summed E-state index contributed by atoms with van der Waals surface area (Å²) in [5.74, 6) is -1.49. The Labute approximate surface area is 136 Å². The van der Waals surface area contributed by atoms with E-state index < -0.39 is 29.2 Å². The van der Waals surface area contributed by atoms with Crippen LogP contribution in [-0.2, 0) is 16.1 Å². The highest BCUT2D eigenvalue weighted by molar-refractivity contribution is 5.84. The minimum Gasteiger partial charge on any atom is -0.480 e. The molecular formula is C16H17N3O5. The minimum absolute atomic E-state index is 0.0110. The molecule has 2 aromatic rings. The fourth-order valence-electron chi connectivity index (χ4n) is 2.73. The molecule has 0 radical (unpaired) electrons. The number of H-pyrrole nitrogens is 1. The molecule has 1 atom stereocenters. The van der Waals surface area contributed by atoms with Crippen LogP contribution in [0.1, 0.15) is 19.3 Å². The summed E-state index contributed by atoms with van der Waals surface area (Å²) in [5.41, 5.74) is -0.629. The van der Waals surface area contributed by atoms with Crippen LogP contribution in [0.3, 0.4) is 0 Å². The number of amides is 1. The highest BCUT2D eigenvalue weighted by Gasteiger charge is 2.37. The molecule has 24 heavy (non-hydrogen) atoms. The molecule has 1 amide bonds. The van der Waals surface area contributed by atoms with E-state index in [-0.39, 0.29) is 18.9 Å². The number of carboxylic acids is 1. The van der Waals surface area contributed by atoms with Crippen LogP contribution in [0.25, 0.3) is 10.9 Å². The second kappa shape index (κ2) is 6.31. The van der Waals surface area contributed by atoms with Crippen molar-refractivity contribution in [3.05, 3.63) is 45.1 Å². The Balaban J connectivity index is 1.76. The number of aryl methyl sites for hydroxylation is 1. The van der Waals surface area contributed by atoms with Crippen LogP contribution in [0.4, 0.5) is 0 Å². The van der Waals surface area contributed by atoms with Crippen molar-refractivity contribution in [2.75, 3.05) is 0 Å². The Morgan fingerprint density at radius 3 is 2.67 bits per heavy atom. The van der Waals surface area contributed by atoms with Gasteiger partial charge in [0.2, 0.25) is 5.91 Å². The highest BCUT2D eigenvalue weighted by atomic mass is 16.4. The standard InChI is InChI=1S/C16H17N3O5/c20-12(17-13(15(22)23)9-5-6-9)7-8-19-11-4-2-1-3-10(11)14(21)18-16(19)24/h1-4,9,13H,5-8H2,(H,17,20)(H,22,23)(H,18,21,24). The van der Waals surface area contributed by atoms with Crippen LogP contribution in [0.15, 0.2) is 33.9 Å². The van der Waals surface area contributed by atoms with Gasteiger partial charge < -0.3 is 10.4 Å². The van der Waals surface area contributed by atoms with Gasteiger partial charge in [-0.2, -0.15) is 0 Å². The van der Waals surface area contributed by atoms with Gasteiger partial charge in [0.05, 0.1) is 10.9 Å². The molecule has 1 unspecified atom stereocenters. The number of aromatic amines is 1. The summed E-state index contributed by atoms with van der Waals surface area (Å²) < 4.78 is 1.31. The maximum atomic E-state index is 12.0. The van der Waals surface area contributed by atoms with Gasteiger partial charge in [-0.05, 0) is 30.9 Å². The average molecular weight is 331 g/mol. The van der Waals surface area contributed by atoms with Gasteiger partial charge in [0.1, 0.15) is 6.04 Å². The molecule has 1 saturated carbocycles. The fourth-order valence-corrected chi connectivity index (χ4v) is 2.73. The molecule has 1 fully saturated rings. The first kappa shape index (κ1) is 16.0. The quantitative estimate of drug-likeness (QED) is 0.691. The SMILES string of the molecule is O=C(CCn1c(=O)[nH]c(=O)c2ccccc21)NC(C(=O)O)C1CC1. The predicted molar refractivity (Wildman–Crippen MR) is 85.7 cm³/mol. The van der Waals surface area contributed by atoms with Crippen molar-refractivity contribution >= 4 is 22.8 Å². The molecule has 0 spiro atoms. The molecule has 1 aliphatic rings. The summed E-state index contributed by atoms with van der Waals surface area (Å²) in [4.78, 5) is 49.2. The number of para-hydroxylation sites is 1. The average Bonchev–Trinajstić information content (AvgIpc) is 3.37. The third-order valence-electron chi connectivity index (χ3n) is 4.14. The highest BCUT2D eigenvalue weighted by Crippen LogP contribution is 2.32. The number of nitrogens with zero attached hydrogens (tertiary/aromatic N) is 1. The summed E-state index contributed by atoms with van der Waals surface area (Å²) in [7, 11) is 0. The number of nitrogens with one attached hydrogen (secondary N) is 2. The number of rotatable bonds is 6. The zero-order valence-electron chi connectivity index (χ0n) is 12.8. The van der Waals surface area contributed by atoms with E-state index in [2.05, 4.69) is 10.3 Å². The molecule has 8 heteroatoms. The van der Waals surface area contributed by atoms with E-state index in [9.17, 15) is 19.2 Å². The normalized spacial score (nSPS) is 15.2. The van der Waals surface area contributed by atoms with E-state index in [1.54, 1.807) is 24.3 Å². The Bertz CT molecular complexity index is 910. The van der Waals surface area contributed by atoms with Crippen molar-refractivity contribution in [2.45, 2.75) is 31.8 Å². The molecule has 0 saturated heterocycles. The van der Waals surface area contributed by atoms with Gasteiger partial charge >= 0.3 is 11.7 Å². The lowest BCUT2D eigenvalue weighted by molar-refractivity contribution is -0.142. The number of aliphatic carboxylic acids is 1. The van der Waals surface area contributed by atoms with Crippen molar-refractivity contribution in [2.24, 2.45) is 5.92 Å². The third-order valence-corrected chi connectivity index (χ3v) is 4.14. The van der Waals surface area contributed by atoms with Crippen molar-refractivity contribution in [1.82, 2.24) is 14.9 Å². The lowest BCUT2D eigenvalue weighted by Gasteiger charge is -2.14. The number of aromatic nitrogens is 2. The number of carbonyl (C=O) groups is 2. The second-order valence-corrected chi connectivity index (χ2v) is 5.90. The monoisotopic (exact) mass is 331 g/mol. The molecule has 0 aliphatic heterocycles. The van der Waals surface area contributed by atoms with E-state index >= 15 is 0 Å². The molecule has 3 rings (SSSR count). The summed E-state index contributed by atoms with van der Waals surface area (Å²) in [6, 6.07) is 5.74. The lowest BCUT2D eigenvalue weighted by atomic mass is 10.2. The number of hydrogen-bond acceptors (Lipinski definition) is 4. The minimum atomic E-state index is -1.04. The van der Waals surface area contributed by atoms with Crippen LogP contribution >= 0.6 is 0 Å². The van der Waals surface area contributed by atoms with Gasteiger partial charge in [-0.1, -0.05) is 12.1 Å². The first-order valence-corrected chi connectivity index (χ1v) is 7.71. The van der Waals surface area contributed by atoms with E-state index in [1.807, 2.05) is 0 Å². The van der Waals surface area contributed by atoms with Crippen LogP contribution in [-0.4, -0.2) is 32.6 Å². The van der Waals surface area contributed by atoms with Crippen molar-refractivity contribution < 1.29 is 14.7 Å². The van der Waals surface area contributed by atoms with E-state index in [4.69, 9.17) is 5.11 Å². The smallest absolute Gasteiger partial charge is 0.328 e. The lowest BCUT2D eigenvalue weighted by Crippen LogP contribution is -2.43. The van der Waals surface area contributed by atoms with Crippen LogP contribution in [0.5, 0.6) is 0 Å². The largest absolute Gasteiger partial charge is 0.480 e. The van der Waals surface area contributed by atoms with E-state index in [0.717, 1.165) is 12.8 Å². The van der Waals surface area contributed by atoms with Crippen molar-refractivity contribution in [3.63, 3.8) is 0 Å². The Morgan fingerprint density at radius 2 is 2.00 bits per heavy atom. The van der Waals surface area contributed by atoms with Crippen molar-refractivity contribution in [1.29, 1.82) is 0 Å². The molecular weight excluding hydrogens is 314 g/mol. The van der Waals surface area contributed by atoms with Gasteiger partial charge in [-0.3, -0.25) is 19.1 Å². The predicted octanol–water partition coefficient (Wildman–Crippen LogP) is 0.0593. The topological polar surface area (TPSA) is 121 Å². The Kier molecular flexibility index (Phi) is 4.20. The number of hydrogen-bond donors (Lipinski definition) is 3. The summed E-state index contributed by atoms with van der Waals surface area (Å²) in [6.45, 7) is 0.0545. The van der Waals surface area contributed by atoms with Crippen LogP contribution in [0, 0.1) is 5.92 Å². The van der Waals surface area contributed by atoms with Gasteiger partial charge in [-0.25, -0.2) is 9.59 Å². The zero-order chi connectivity index (χ0) is 17.3. The molecule has 0 bridgehead atoms. The maximum absolute atomic E-state index is 12.0. The van der Waals surface area contributed by atoms with Gasteiger partial charge in [0, 0.05) is 13.0 Å². The molecule has 1 heterocycles. The number of carboxylic acid groups (broad SMARTS) is 1. The molecule has 126 valence electrons. The number of benzene rings is 1. The van der Waals surface area contributed by atoms with Crippen LogP contribution in [0.2, 0.25) is 0 Å². The first-order chi connectivity index (χ1) is 11.5. The van der Waals surface area contributed by atoms with Gasteiger partial charge in [-0.15, -0.1) is 0 Å². The molecule has 1 aliphatic carbocycles. The Morgan fingerprint density at radius 1 is 1.29 bits per heavy atom. The third kappa shape index (κ3) is 3.22. The number of fused-ring (bicyclic) bond motifs is 1. The zero-order valence-corrected chi connectivity index (χ0v) is 12.8. The van der Waals surface area contributed by atoms with Crippen LogP contribution < -0.4 is 16.6 Å². The van der Waals surface area contributed by atoms with E-state index in [0.29, 0.717) is 10.9 Å². The molecule has 1 aromatic heterocycles. The van der Waals surface area contributed by atoms with Gasteiger partial charge in [0.15, 0.2) is 0 Å². The first-order valence-electron chi connectivity index (χ1n) is 7.71. The van der Waals surface area contributed by atoms with Crippen molar-refractivity contribution in [3.8, 4) is 0 Å². The summed E-state index contributed by atoms with van der Waals surface area (Å²) in [6.07, 6.45) is 1.54. The summed E-state index contributed by atoms with van der Waals surface area (Å²) >= 11 is 0. The molecule has 1 aromatic carbocycles. The number of carbonyl (C=O) groups excluding carboxylic acids is 1. The second-order valence-electron chi connectivity index (χ2n) is 5.90. The summed E-state index contributed by atoms with van der Waals surface area (Å²) in [5, 5.41) is 12.0. The molecule has 8 nitrogen and oxygen atoms in total. The van der Waals surface area contributed by atoms with Gasteiger partial charge in [0.25, 0.3) is 5.56 Å². The molecule has 3 N–H and O–H groups in total.